The standard InChI is InChI=1S/C12H7BrF3N3O2/c13-8-4-18-5-19-11(8)21-9-2-1-6(10(17)20)3-7(9)12(14,15)16/h1-5H,(H2,17,20). The lowest BCUT2D eigenvalue weighted by molar-refractivity contribution is -0.138. The highest BCUT2D eigenvalue weighted by Gasteiger charge is 2.35. The van der Waals surface area contributed by atoms with Crippen molar-refractivity contribution in [3.05, 3.63) is 46.3 Å². The van der Waals surface area contributed by atoms with Crippen LogP contribution in [-0.2, 0) is 6.18 Å². The van der Waals surface area contributed by atoms with Crippen LogP contribution >= 0.6 is 15.9 Å². The van der Waals surface area contributed by atoms with Gasteiger partial charge >= 0.3 is 6.18 Å². The van der Waals surface area contributed by atoms with Crippen molar-refractivity contribution in [3.8, 4) is 11.6 Å². The molecule has 0 unspecified atom stereocenters. The topological polar surface area (TPSA) is 78.1 Å². The van der Waals surface area contributed by atoms with E-state index in [-0.39, 0.29) is 15.9 Å². The van der Waals surface area contributed by atoms with E-state index in [1.54, 1.807) is 0 Å². The molecule has 0 atom stereocenters. The summed E-state index contributed by atoms with van der Waals surface area (Å²) >= 11 is 3.06. The molecule has 1 heterocycles. The molecule has 0 bridgehead atoms. The van der Waals surface area contributed by atoms with E-state index in [9.17, 15) is 18.0 Å². The van der Waals surface area contributed by atoms with Crippen LogP contribution in [0.1, 0.15) is 15.9 Å². The van der Waals surface area contributed by atoms with Crippen LogP contribution in [0.3, 0.4) is 0 Å². The number of carbonyl (C=O) groups is 1. The fourth-order valence-electron chi connectivity index (χ4n) is 1.47. The van der Waals surface area contributed by atoms with Crippen LogP contribution in [0.2, 0.25) is 0 Å². The lowest BCUT2D eigenvalue weighted by Gasteiger charge is -2.14. The number of carbonyl (C=O) groups excluding carboxylic acids is 1. The first-order chi connectivity index (χ1) is 9.79. The maximum Gasteiger partial charge on any atom is 0.420 e. The molecule has 0 aliphatic rings. The van der Waals surface area contributed by atoms with Gasteiger partial charge in [0.2, 0.25) is 11.8 Å². The summed E-state index contributed by atoms with van der Waals surface area (Å²) < 4.78 is 44.5. The molecule has 1 aromatic carbocycles. The van der Waals surface area contributed by atoms with E-state index in [1.807, 2.05) is 0 Å². The maximum atomic E-state index is 13.0. The average molecular weight is 362 g/mol. The normalized spacial score (nSPS) is 11.2. The quantitative estimate of drug-likeness (QED) is 0.910. The molecule has 0 aliphatic heterocycles. The number of rotatable bonds is 3. The molecule has 0 fully saturated rings. The Hall–Kier alpha value is -2.16. The van der Waals surface area contributed by atoms with E-state index >= 15 is 0 Å². The number of amides is 1. The second-order valence-electron chi connectivity index (χ2n) is 3.85. The first kappa shape index (κ1) is 15.2. The van der Waals surface area contributed by atoms with Gasteiger partial charge in [0, 0.05) is 11.8 Å². The van der Waals surface area contributed by atoms with Gasteiger partial charge < -0.3 is 10.5 Å². The number of nitrogens with zero attached hydrogens (tertiary/aromatic N) is 2. The number of hydrogen-bond donors (Lipinski definition) is 1. The van der Waals surface area contributed by atoms with Crippen molar-refractivity contribution in [2.24, 2.45) is 5.73 Å². The highest BCUT2D eigenvalue weighted by atomic mass is 79.9. The Kier molecular flexibility index (Phi) is 4.12. The van der Waals surface area contributed by atoms with Crippen LogP contribution in [0.5, 0.6) is 11.6 Å². The Bertz CT molecular complexity index is 692. The molecular formula is C12H7BrF3N3O2. The summed E-state index contributed by atoms with van der Waals surface area (Å²) in [4.78, 5) is 18.4. The molecule has 0 spiro atoms. The predicted octanol–water partition coefficient (Wildman–Crippen LogP) is 3.15. The van der Waals surface area contributed by atoms with Crippen LogP contribution in [0.25, 0.3) is 0 Å². The first-order valence-corrected chi connectivity index (χ1v) is 6.22. The number of aromatic nitrogens is 2. The SMILES string of the molecule is NC(=O)c1ccc(Oc2ncncc2Br)c(C(F)(F)F)c1. The number of alkyl halides is 3. The van der Waals surface area contributed by atoms with Gasteiger partial charge in [0.25, 0.3) is 0 Å². The van der Waals surface area contributed by atoms with Gasteiger partial charge in [0.15, 0.2) is 0 Å². The molecule has 0 saturated carbocycles. The smallest absolute Gasteiger partial charge is 0.420 e. The second kappa shape index (κ2) is 5.68. The maximum absolute atomic E-state index is 13.0. The summed E-state index contributed by atoms with van der Waals surface area (Å²) in [5.41, 5.74) is 3.59. The molecule has 1 amide bonds. The number of nitrogens with two attached hydrogens (primary N) is 1. The van der Waals surface area contributed by atoms with Gasteiger partial charge in [-0.3, -0.25) is 4.79 Å². The van der Waals surface area contributed by atoms with Crippen molar-refractivity contribution in [1.29, 1.82) is 0 Å². The highest BCUT2D eigenvalue weighted by molar-refractivity contribution is 9.10. The van der Waals surface area contributed by atoms with Crippen LogP contribution in [0.4, 0.5) is 13.2 Å². The van der Waals surface area contributed by atoms with Crippen LogP contribution in [-0.4, -0.2) is 15.9 Å². The minimum atomic E-state index is -4.71. The Morgan fingerprint density at radius 2 is 2.05 bits per heavy atom. The van der Waals surface area contributed by atoms with Crippen molar-refractivity contribution in [2.75, 3.05) is 0 Å². The predicted molar refractivity (Wildman–Crippen MR) is 69.8 cm³/mol. The fraction of sp³-hybridized carbons (Fsp3) is 0.0833. The highest BCUT2D eigenvalue weighted by Crippen LogP contribution is 2.39. The van der Waals surface area contributed by atoms with Crippen molar-refractivity contribution < 1.29 is 22.7 Å². The number of primary amides is 1. The van der Waals surface area contributed by atoms with Crippen LogP contribution < -0.4 is 10.5 Å². The third-order valence-electron chi connectivity index (χ3n) is 2.41. The summed E-state index contributed by atoms with van der Waals surface area (Å²) in [6.45, 7) is 0. The summed E-state index contributed by atoms with van der Waals surface area (Å²) in [6, 6.07) is 2.78. The van der Waals surface area contributed by atoms with Crippen LogP contribution in [0, 0.1) is 0 Å². The molecule has 9 heteroatoms. The van der Waals surface area contributed by atoms with E-state index in [1.165, 1.54) is 6.20 Å². The number of halogens is 4. The second-order valence-corrected chi connectivity index (χ2v) is 4.71. The van der Waals surface area contributed by atoms with Crippen molar-refractivity contribution in [3.63, 3.8) is 0 Å². The Morgan fingerprint density at radius 1 is 1.33 bits per heavy atom. The van der Waals surface area contributed by atoms with E-state index in [0.717, 1.165) is 18.5 Å². The van der Waals surface area contributed by atoms with Crippen molar-refractivity contribution in [1.82, 2.24) is 9.97 Å². The third-order valence-corrected chi connectivity index (χ3v) is 2.95. The van der Waals surface area contributed by atoms with E-state index < -0.39 is 23.4 Å². The van der Waals surface area contributed by atoms with Gasteiger partial charge in [-0.05, 0) is 34.1 Å². The number of ether oxygens (including phenoxy) is 1. The van der Waals surface area contributed by atoms with E-state index in [2.05, 4.69) is 25.9 Å². The Morgan fingerprint density at radius 3 is 2.62 bits per heavy atom. The molecule has 1 aromatic heterocycles. The lowest BCUT2D eigenvalue weighted by atomic mass is 10.1. The molecule has 21 heavy (non-hydrogen) atoms. The van der Waals surface area contributed by atoms with Gasteiger partial charge in [-0.15, -0.1) is 0 Å². The van der Waals surface area contributed by atoms with Gasteiger partial charge in [0.05, 0.1) is 10.0 Å². The molecular weight excluding hydrogens is 355 g/mol. The molecule has 110 valence electrons. The molecule has 0 saturated heterocycles. The summed E-state index contributed by atoms with van der Waals surface area (Å²) in [5.74, 6) is -1.54. The summed E-state index contributed by atoms with van der Waals surface area (Å²) in [7, 11) is 0. The average Bonchev–Trinajstić information content (AvgIpc) is 2.40. The number of hydrogen-bond acceptors (Lipinski definition) is 4. The first-order valence-electron chi connectivity index (χ1n) is 5.43. The molecule has 0 radical (unpaired) electrons. The molecule has 2 N–H and O–H groups in total. The summed E-state index contributed by atoms with van der Waals surface area (Å²) in [6.07, 6.45) is -2.25. The zero-order chi connectivity index (χ0) is 15.6. The molecule has 2 rings (SSSR count). The molecule has 2 aromatic rings. The lowest BCUT2D eigenvalue weighted by Crippen LogP contribution is -2.14. The zero-order valence-electron chi connectivity index (χ0n) is 10.2. The Labute approximate surface area is 125 Å². The molecule has 0 aliphatic carbocycles. The Balaban J connectivity index is 2.48. The summed E-state index contributed by atoms with van der Waals surface area (Å²) in [5, 5.41) is 0. The van der Waals surface area contributed by atoms with Crippen molar-refractivity contribution in [2.45, 2.75) is 6.18 Å². The fourth-order valence-corrected chi connectivity index (χ4v) is 1.78. The van der Waals surface area contributed by atoms with Crippen molar-refractivity contribution >= 4 is 21.8 Å². The number of benzene rings is 1. The minimum Gasteiger partial charge on any atom is -0.437 e. The van der Waals surface area contributed by atoms with Gasteiger partial charge in [-0.2, -0.15) is 13.2 Å². The van der Waals surface area contributed by atoms with Gasteiger partial charge in [-0.25, -0.2) is 9.97 Å². The zero-order valence-corrected chi connectivity index (χ0v) is 11.8. The third kappa shape index (κ3) is 3.48. The van der Waals surface area contributed by atoms with Gasteiger partial charge in [0.1, 0.15) is 12.1 Å². The molecule has 5 nitrogen and oxygen atoms in total. The van der Waals surface area contributed by atoms with E-state index in [0.29, 0.717) is 6.07 Å². The largest absolute Gasteiger partial charge is 0.437 e. The van der Waals surface area contributed by atoms with Gasteiger partial charge in [-0.1, -0.05) is 0 Å². The van der Waals surface area contributed by atoms with E-state index in [4.69, 9.17) is 10.5 Å². The van der Waals surface area contributed by atoms with Crippen LogP contribution in [0.15, 0.2) is 35.2 Å². The minimum absolute atomic E-state index is 0.0812. The monoisotopic (exact) mass is 361 g/mol.